The average Bonchev–Trinajstić information content (AvgIpc) is 3.04. The Morgan fingerprint density at radius 1 is 1.32 bits per heavy atom. The number of para-hydroxylation sites is 2. The van der Waals surface area contributed by atoms with E-state index < -0.39 is 0 Å². The fraction of sp³-hybridized carbons (Fsp3) is 0.579. The van der Waals surface area contributed by atoms with Gasteiger partial charge in [-0.05, 0) is 25.5 Å². The van der Waals surface area contributed by atoms with Crippen molar-refractivity contribution in [2.75, 3.05) is 43.1 Å². The molecule has 0 aliphatic carbocycles. The lowest BCUT2D eigenvalue weighted by Crippen LogP contribution is -2.37. The third-order valence-corrected chi connectivity index (χ3v) is 5.17. The van der Waals surface area contributed by atoms with Crippen molar-refractivity contribution < 1.29 is 14.3 Å². The van der Waals surface area contributed by atoms with E-state index in [0.717, 1.165) is 30.9 Å². The molecule has 2 atom stereocenters. The van der Waals surface area contributed by atoms with Crippen molar-refractivity contribution in [1.82, 2.24) is 4.90 Å². The molecule has 6 nitrogen and oxygen atoms in total. The molecule has 1 aromatic rings. The molecule has 2 fully saturated rings. The number of ether oxygens (including phenoxy) is 1. The number of carbonyl (C=O) groups is 2. The van der Waals surface area contributed by atoms with Crippen molar-refractivity contribution >= 4 is 23.2 Å². The van der Waals surface area contributed by atoms with Gasteiger partial charge in [0.1, 0.15) is 0 Å². The van der Waals surface area contributed by atoms with Gasteiger partial charge in [-0.25, -0.2) is 0 Å². The van der Waals surface area contributed by atoms with Crippen LogP contribution in [-0.4, -0.2) is 55.6 Å². The first-order valence-corrected chi connectivity index (χ1v) is 9.12. The highest BCUT2D eigenvalue weighted by molar-refractivity contribution is 5.99. The molecule has 25 heavy (non-hydrogen) atoms. The minimum atomic E-state index is -0.278. The molecule has 2 aliphatic rings. The number of amides is 2. The zero-order valence-corrected chi connectivity index (χ0v) is 15.0. The summed E-state index contributed by atoms with van der Waals surface area (Å²) in [6, 6.07) is 8.03. The molecule has 0 bridgehead atoms. The Morgan fingerprint density at radius 3 is 2.76 bits per heavy atom. The lowest BCUT2D eigenvalue weighted by molar-refractivity contribution is -0.129. The lowest BCUT2D eigenvalue weighted by Gasteiger charge is -2.30. The van der Waals surface area contributed by atoms with Crippen LogP contribution in [0.5, 0.6) is 0 Å². The Labute approximate surface area is 149 Å². The van der Waals surface area contributed by atoms with E-state index >= 15 is 0 Å². The molecule has 2 saturated heterocycles. The van der Waals surface area contributed by atoms with E-state index in [9.17, 15) is 9.59 Å². The first-order valence-electron chi connectivity index (χ1n) is 9.12. The van der Waals surface area contributed by atoms with Crippen LogP contribution in [-0.2, 0) is 14.3 Å². The summed E-state index contributed by atoms with van der Waals surface area (Å²) in [4.78, 5) is 29.0. The number of benzene rings is 1. The minimum absolute atomic E-state index is 0.0696. The fourth-order valence-electron chi connectivity index (χ4n) is 3.45. The summed E-state index contributed by atoms with van der Waals surface area (Å²) in [6.07, 6.45) is 1.20. The first-order chi connectivity index (χ1) is 12.1. The summed E-state index contributed by atoms with van der Waals surface area (Å²) in [6.45, 7) is 7.63. The second kappa shape index (κ2) is 7.87. The van der Waals surface area contributed by atoms with Gasteiger partial charge in [0.25, 0.3) is 0 Å². The average molecular weight is 345 g/mol. The number of nitrogens with zero attached hydrogens (tertiary/aromatic N) is 2. The number of carbonyl (C=O) groups excluding carboxylic acids is 2. The quantitative estimate of drug-likeness (QED) is 0.888. The van der Waals surface area contributed by atoms with E-state index in [1.807, 2.05) is 36.1 Å². The molecule has 6 heteroatoms. The summed E-state index contributed by atoms with van der Waals surface area (Å²) < 4.78 is 5.41. The molecule has 0 aromatic heterocycles. The Kier molecular flexibility index (Phi) is 5.58. The highest BCUT2D eigenvalue weighted by Crippen LogP contribution is 2.28. The standard InChI is InChI=1S/C19H27N3O3/c1-3-14(2)22-13-15(12-18(22)23)19(24)20-16-6-4-5-7-17(16)21-8-10-25-11-9-21/h4-7,14-15H,3,8-13H2,1-2H3,(H,20,24). The largest absolute Gasteiger partial charge is 0.378 e. The summed E-state index contributed by atoms with van der Waals surface area (Å²) in [5.74, 6) is -0.268. The van der Waals surface area contributed by atoms with Crippen LogP contribution in [0.1, 0.15) is 26.7 Å². The number of anilines is 2. The van der Waals surface area contributed by atoms with Gasteiger partial charge in [0.15, 0.2) is 0 Å². The second-order valence-corrected chi connectivity index (χ2v) is 6.81. The second-order valence-electron chi connectivity index (χ2n) is 6.81. The third kappa shape index (κ3) is 3.95. The predicted octanol–water partition coefficient (Wildman–Crippen LogP) is 2.11. The van der Waals surface area contributed by atoms with Crippen molar-refractivity contribution in [1.29, 1.82) is 0 Å². The summed E-state index contributed by atoms with van der Waals surface area (Å²) in [7, 11) is 0. The molecule has 2 amide bonds. The van der Waals surface area contributed by atoms with Crippen LogP contribution in [0.4, 0.5) is 11.4 Å². The molecule has 0 spiro atoms. The van der Waals surface area contributed by atoms with E-state index in [1.54, 1.807) is 0 Å². The normalized spacial score (nSPS) is 22.2. The van der Waals surface area contributed by atoms with Gasteiger partial charge in [-0.3, -0.25) is 9.59 Å². The Morgan fingerprint density at radius 2 is 2.04 bits per heavy atom. The maximum atomic E-state index is 12.7. The Bertz CT molecular complexity index is 628. The van der Waals surface area contributed by atoms with Gasteiger partial charge in [-0.15, -0.1) is 0 Å². The first kappa shape index (κ1) is 17.7. The predicted molar refractivity (Wildman–Crippen MR) is 97.7 cm³/mol. The lowest BCUT2D eigenvalue weighted by atomic mass is 10.1. The monoisotopic (exact) mass is 345 g/mol. The van der Waals surface area contributed by atoms with Crippen LogP contribution in [0.2, 0.25) is 0 Å². The Balaban J connectivity index is 1.68. The van der Waals surface area contributed by atoms with Crippen LogP contribution in [0.15, 0.2) is 24.3 Å². The van der Waals surface area contributed by atoms with E-state index in [-0.39, 0.29) is 23.8 Å². The Hall–Kier alpha value is -2.08. The number of morpholine rings is 1. The van der Waals surface area contributed by atoms with Crippen molar-refractivity contribution in [2.24, 2.45) is 5.92 Å². The van der Waals surface area contributed by atoms with Gasteiger partial charge in [0.05, 0.1) is 30.5 Å². The van der Waals surface area contributed by atoms with E-state index in [1.165, 1.54) is 0 Å². The molecule has 3 rings (SSSR count). The van der Waals surface area contributed by atoms with Crippen LogP contribution in [0.3, 0.4) is 0 Å². The molecule has 0 saturated carbocycles. The van der Waals surface area contributed by atoms with E-state index in [0.29, 0.717) is 26.2 Å². The van der Waals surface area contributed by atoms with Crippen LogP contribution in [0.25, 0.3) is 0 Å². The molecule has 2 unspecified atom stereocenters. The highest BCUT2D eigenvalue weighted by Gasteiger charge is 2.36. The van der Waals surface area contributed by atoms with Gasteiger partial charge in [0.2, 0.25) is 11.8 Å². The maximum Gasteiger partial charge on any atom is 0.229 e. The van der Waals surface area contributed by atoms with Gasteiger partial charge in [-0.2, -0.15) is 0 Å². The number of hydrogen-bond acceptors (Lipinski definition) is 4. The summed E-state index contributed by atoms with van der Waals surface area (Å²) in [5, 5.41) is 3.05. The molecule has 2 aliphatic heterocycles. The summed E-state index contributed by atoms with van der Waals surface area (Å²) >= 11 is 0. The van der Waals surface area contributed by atoms with Gasteiger partial charge in [0, 0.05) is 32.1 Å². The molecule has 1 N–H and O–H groups in total. The zero-order chi connectivity index (χ0) is 17.8. The zero-order valence-electron chi connectivity index (χ0n) is 15.0. The van der Waals surface area contributed by atoms with Crippen LogP contribution in [0, 0.1) is 5.92 Å². The smallest absolute Gasteiger partial charge is 0.229 e. The van der Waals surface area contributed by atoms with E-state index in [4.69, 9.17) is 4.74 Å². The number of hydrogen-bond donors (Lipinski definition) is 1. The molecule has 1 aromatic carbocycles. The number of likely N-dealkylation sites (tertiary alicyclic amines) is 1. The molecular weight excluding hydrogens is 318 g/mol. The molecule has 136 valence electrons. The van der Waals surface area contributed by atoms with Gasteiger partial charge >= 0.3 is 0 Å². The minimum Gasteiger partial charge on any atom is -0.378 e. The number of nitrogens with one attached hydrogen (secondary N) is 1. The molecule has 0 radical (unpaired) electrons. The SMILES string of the molecule is CCC(C)N1CC(C(=O)Nc2ccccc2N2CCOCC2)CC1=O. The van der Waals surface area contributed by atoms with Crippen molar-refractivity contribution in [3.05, 3.63) is 24.3 Å². The van der Waals surface area contributed by atoms with Crippen LogP contribution >= 0.6 is 0 Å². The van der Waals surface area contributed by atoms with Crippen molar-refractivity contribution in [3.63, 3.8) is 0 Å². The number of rotatable bonds is 5. The topological polar surface area (TPSA) is 61.9 Å². The van der Waals surface area contributed by atoms with Gasteiger partial charge in [-0.1, -0.05) is 19.1 Å². The summed E-state index contributed by atoms with van der Waals surface area (Å²) in [5.41, 5.74) is 1.83. The van der Waals surface area contributed by atoms with Gasteiger partial charge < -0.3 is 19.9 Å². The van der Waals surface area contributed by atoms with E-state index in [2.05, 4.69) is 17.1 Å². The van der Waals surface area contributed by atoms with Crippen molar-refractivity contribution in [3.8, 4) is 0 Å². The van der Waals surface area contributed by atoms with Crippen LogP contribution < -0.4 is 10.2 Å². The third-order valence-electron chi connectivity index (χ3n) is 5.17. The molecule has 2 heterocycles. The highest BCUT2D eigenvalue weighted by atomic mass is 16.5. The fourth-order valence-corrected chi connectivity index (χ4v) is 3.45. The maximum absolute atomic E-state index is 12.7. The molecular formula is C19H27N3O3. The van der Waals surface area contributed by atoms with Crippen molar-refractivity contribution in [2.45, 2.75) is 32.7 Å².